The number of halogens is 1. The molecule has 0 atom stereocenters. The molecule has 96 valence electrons. The van der Waals surface area contributed by atoms with Crippen molar-refractivity contribution in [2.24, 2.45) is 4.99 Å². The second-order valence-corrected chi connectivity index (χ2v) is 4.78. The van der Waals surface area contributed by atoms with Crippen LogP contribution in [-0.4, -0.2) is 13.2 Å². The van der Waals surface area contributed by atoms with Gasteiger partial charge >= 0.3 is 0 Å². The summed E-state index contributed by atoms with van der Waals surface area (Å²) in [7, 11) is 1.52. The van der Waals surface area contributed by atoms with Gasteiger partial charge in [-0.15, -0.1) is 0 Å². The van der Waals surface area contributed by atoms with Crippen LogP contribution in [-0.2, 0) is 10.3 Å². The molecule has 1 aliphatic carbocycles. The summed E-state index contributed by atoms with van der Waals surface area (Å²) in [6.45, 7) is 3.56. The Balaban J connectivity index is 2.64. The average molecular weight is 249 g/mol. The van der Waals surface area contributed by atoms with E-state index in [0.717, 1.165) is 30.4 Å². The van der Waals surface area contributed by atoms with Crippen molar-refractivity contribution < 1.29 is 13.9 Å². The van der Waals surface area contributed by atoms with Crippen LogP contribution in [0.15, 0.2) is 11.1 Å². The number of hydrogen-bond acceptors (Lipinski definition) is 3. The van der Waals surface area contributed by atoms with Crippen molar-refractivity contribution in [2.75, 3.05) is 7.11 Å². The maximum absolute atomic E-state index is 13.9. The monoisotopic (exact) mass is 249 g/mol. The van der Waals surface area contributed by atoms with Crippen molar-refractivity contribution in [1.82, 2.24) is 0 Å². The van der Waals surface area contributed by atoms with Crippen LogP contribution in [0.25, 0.3) is 0 Å². The highest BCUT2D eigenvalue weighted by Crippen LogP contribution is 2.48. The van der Waals surface area contributed by atoms with Crippen LogP contribution in [0.3, 0.4) is 0 Å². The largest absolute Gasteiger partial charge is 0.496 e. The van der Waals surface area contributed by atoms with Crippen LogP contribution in [0.2, 0.25) is 0 Å². The van der Waals surface area contributed by atoms with Gasteiger partial charge in [0.05, 0.1) is 12.6 Å². The number of nitrogens with zero attached hydrogens (tertiary/aromatic N) is 1. The zero-order valence-electron chi connectivity index (χ0n) is 10.8. The SMILES string of the molecule is COc1c(C)c(F)cc(C2(N=C=O)CCC2)c1C. The molecule has 1 fully saturated rings. The summed E-state index contributed by atoms with van der Waals surface area (Å²) in [6.07, 6.45) is 4.13. The Kier molecular flexibility index (Phi) is 3.22. The maximum Gasteiger partial charge on any atom is 0.235 e. The van der Waals surface area contributed by atoms with E-state index in [1.54, 1.807) is 13.0 Å². The van der Waals surface area contributed by atoms with Crippen molar-refractivity contribution in [1.29, 1.82) is 0 Å². The predicted molar refractivity (Wildman–Crippen MR) is 66.1 cm³/mol. The molecule has 1 aromatic rings. The van der Waals surface area contributed by atoms with Crippen LogP contribution in [0.4, 0.5) is 4.39 Å². The van der Waals surface area contributed by atoms with E-state index in [1.165, 1.54) is 13.2 Å². The Bertz CT molecular complexity index is 529. The summed E-state index contributed by atoms with van der Waals surface area (Å²) >= 11 is 0. The number of isocyanates is 1. The summed E-state index contributed by atoms with van der Waals surface area (Å²) in [5.41, 5.74) is 1.50. The number of carbonyl (C=O) groups excluding carboxylic acids is 1. The summed E-state index contributed by atoms with van der Waals surface area (Å²) in [5.74, 6) is 0.220. The number of ether oxygens (including phenoxy) is 1. The second kappa shape index (κ2) is 4.54. The summed E-state index contributed by atoms with van der Waals surface area (Å²) < 4.78 is 19.2. The van der Waals surface area contributed by atoms with Gasteiger partial charge in [0.15, 0.2) is 0 Å². The molecule has 1 aromatic carbocycles. The van der Waals surface area contributed by atoms with Crippen molar-refractivity contribution in [3.63, 3.8) is 0 Å². The van der Waals surface area contributed by atoms with Gasteiger partial charge in [0, 0.05) is 5.56 Å². The Morgan fingerprint density at radius 3 is 2.50 bits per heavy atom. The highest BCUT2D eigenvalue weighted by atomic mass is 19.1. The fraction of sp³-hybridized carbons (Fsp3) is 0.500. The molecule has 1 saturated carbocycles. The number of methoxy groups -OCH3 is 1. The molecular weight excluding hydrogens is 233 g/mol. The van der Waals surface area contributed by atoms with E-state index >= 15 is 0 Å². The molecule has 0 bridgehead atoms. The number of rotatable bonds is 3. The molecule has 0 heterocycles. The minimum atomic E-state index is -0.590. The van der Waals surface area contributed by atoms with Gasteiger partial charge in [0.1, 0.15) is 11.6 Å². The Morgan fingerprint density at radius 1 is 1.39 bits per heavy atom. The molecule has 4 heteroatoms. The minimum absolute atomic E-state index is 0.320. The first-order valence-electron chi connectivity index (χ1n) is 5.99. The molecule has 0 spiro atoms. The molecule has 1 aliphatic rings. The molecule has 0 unspecified atom stereocenters. The molecule has 0 aromatic heterocycles. The highest BCUT2D eigenvalue weighted by Gasteiger charge is 2.41. The molecule has 18 heavy (non-hydrogen) atoms. The molecule has 2 rings (SSSR count). The summed E-state index contributed by atoms with van der Waals surface area (Å²) in [4.78, 5) is 14.5. The van der Waals surface area contributed by atoms with Crippen molar-refractivity contribution in [3.8, 4) is 5.75 Å². The third kappa shape index (κ3) is 1.73. The van der Waals surface area contributed by atoms with Gasteiger partial charge in [0.2, 0.25) is 6.08 Å². The van der Waals surface area contributed by atoms with Crippen LogP contribution in [0.1, 0.15) is 36.0 Å². The van der Waals surface area contributed by atoms with Crippen LogP contribution < -0.4 is 4.74 Å². The molecule has 0 amide bonds. The van der Waals surface area contributed by atoms with E-state index in [0.29, 0.717) is 11.3 Å². The first-order valence-corrected chi connectivity index (χ1v) is 5.99. The molecule has 0 radical (unpaired) electrons. The number of aliphatic imine (C=N–C) groups is 1. The summed E-state index contributed by atoms with van der Waals surface area (Å²) in [5, 5.41) is 0. The smallest absolute Gasteiger partial charge is 0.235 e. The van der Waals surface area contributed by atoms with Crippen LogP contribution in [0.5, 0.6) is 5.75 Å². The lowest BCUT2D eigenvalue weighted by atomic mass is 9.70. The second-order valence-electron chi connectivity index (χ2n) is 4.78. The normalized spacial score (nSPS) is 16.7. The van der Waals surface area contributed by atoms with E-state index < -0.39 is 5.54 Å². The number of benzene rings is 1. The first-order chi connectivity index (χ1) is 8.55. The number of hydrogen-bond donors (Lipinski definition) is 0. The highest BCUT2D eigenvalue weighted by molar-refractivity contribution is 5.51. The van der Waals surface area contributed by atoms with Gasteiger partial charge in [0.25, 0.3) is 0 Å². The zero-order chi connectivity index (χ0) is 13.3. The minimum Gasteiger partial charge on any atom is -0.496 e. The van der Waals surface area contributed by atoms with Crippen LogP contribution in [0, 0.1) is 19.7 Å². The lowest BCUT2D eigenvalue weighted by Crippen LogP contribution is -2.33. The lowest BCUT2D eigenvalue weighted by molar-refractivity contribution is 0.252. The van der Waals surface area contributed by atoms with Crippen molar-refractivity contribution in [3.05, 3.63) is 28.6 Å². The van der Waals surface area contributed by atoms with Gasteiger partial charge in [-0.05, 0) is 50.3 Å². The third-order valence-electron chi connectivity index (χ3n) is 3.86. The average Bonchev–Trinajstić information content (AvgIpc) is 2.30. The maximum atomic E-state index is 13.9. The zero-order valence-corrected chi connectivity index (χ0v) is 10.8. The van der Waals surface area contributed by atoms with E-state index in [1.807, 2.05) is 6.92 Å². The summed E-state index contributed by atoms with van der Waals surface area (Å²) in [6, 6.07) is 1.48. The van der Waals surface area contributed by atoms with Gasteiger partial charge in [-0.3, -0.25) is 0 Å². The topological polar surface area (TPSA) is 38.7 Å². The Morgan fingerprint density at radius 2 is 2.06 bits per heavy atom. The van der Waals surface area contributed by atoms with E-state index in [-0.39, 0.29) is 5.82 Å². The van der Waals surface area contributed by atoms with E-state index in [4.69, 9.17) is 4.74 Å². The first kappa shape index (κ1) is 12.8. The van der Waals surface area contributed by atoms with E-state index in [2.05, 4.69) is 4.99 Å². The standard InChI is InChI=1S/C14H16FNO2/c1-9-11(14(16-8-17)5-4-6-14)7-12(15)10(2)13(9)18-3/h7H,4-6H2,1-3H3. The fourth-order valence-electron chi connectivity index (χ4n) is 2.69. The van der Waals surface area contributed by atoms with Crippen molar-refractivity contribution >= 4 is 6.08 Å². The molecule has 0 N–H and O–H groups in total. The molecule has 0 aliphatic heterocycles. The molecule has 0 saturated heterocycles. The van der Waals surface area contributed by atoms with Crippen molar-refractivity contribution in [2.45, 2.75) is 38.6 Å². The van der Waals surface area contributed by atoms with Gasteiger partial charge < -0.3 is 4.74 Å². The van der Waals surface area contributed by atoms with Gasteiger partial charge in [-0.1, -0.05) is 0 Å². The Hall–Kier alpha value is -1.67. The molecule has 3 nitrogen and oxygen atoms in total. The fourth-order valence-corrected chi connectivity index (χ4v) is 2.69. The Labute approximate surface area is 106 Å². The van der Waals surface area contributed by atoms with Crippen LogP contribution >= 0.6 is 0 Å². The molecular formula is C14H16FNO2. The quantitative estimate of drug-likeness (QED) is 0.609. The van der Waals surface area contributed by atoms with Gasteiger partial charge in [-0.25, -0.2) is 9.18 Å². The lowest BCUT2D eigenvalue weighted by Gasteiger charge is -2.38. The van der Waals surface area contributed by atoms with E-state index in [9.17, 15) is 9.18 Å². The predicted octanol–water partition coefficient (Wildman–Crippen LogP) is 3.17. The third-order valence-corrected chi connectivity index (χ3v) is 3.86. The van der Waals surface area contributed by atoms with Gasteiger partial charge in [-0.2, -0.15) is 4.99 Å².